The van der Waals surface area contributed by atoms with Crippen molar-refractivity contribution < 1.29 is 37.3 Å². The van der Waals surface area contributed by atoms with Crippen LogP contribution in [0.4, 0.5) is 13.2 Å². The van der Waals surface area contributed by atoms with Crippen LogP contribution in [-0.4, -0.2) is 43.1 Å². The zero-order valence-electron chi connectivity index (χ0n) is 14.0. The number of aliphatic carboxylic acids is 1. The summed E-state index contributed by atoms with van der Waals surface area (Å²) in [6, 6.07) is 9.20. The van der Waals surface area contributed by atoms with Gasteiger partial charge in [0.25, 0.3) is 5.91 Å². The molecule has 0 heterocycles. The molecule has 2 aromatic rings. The predicted molar refractivity (Wildman–Crippen MR) is 90.7 cm³/mol. The van der Waals surface area contributed by atoms with E-state index in [0.29, 0.717) is 11.5 Å². The molecule has 0 aliphatic heterocycles. The number of methoxy groups -OCH3 is 1. The summed E-state index contributed by atoms with van der Waals surface area (Å²) in [5.41, 5.74) is 5.93. The van der Waals surface area contributed by atoms with Crippen molar-refractivity contribution in [2.45, 2.75) is 6.18 Å². The molecule has 0 saturated heterocycles. The number of carbonyl (C=O) groups is 2. The minimum absolute atomic E-state index is 0.197. The lowest BCUT2D eigenvalue weighted by molar-refractivity contribution is -0.192. The van der Waals surface area contributed by atoms with E-state index >= 15 is 0 Å². The fourth-order valence-corrected chi connectivity index (χ4v) is 1.87. The van der Waals surface area contributed by atoms with E-state index in [0.717, 1.165) is 16.3 Å². The maximum absolute atomic E-state index is 10.9. The van der Waals surface area contributed by atoms with Crippen LogP contribution in [0.15, 0.2) is 35.4 Å². The van der Waals surface area contributed by atoms with Gasteiger partial charge in [-0.2, -0.15) is 18.3 Å². The third-order valence-corrected chi connectivity index (χ3v) is 2.99. The molecule has 0 aromatic heterocycles. The Bertz CT molecular complexity index is 853. The molecule has 5 N–H and O–H groups in total. The van der Waals surface area contributed by atoms with E-state index in [1.165, 1.54) is 6.21 Å². The Labute approximate surface area is 151 Å². The first-order valence-corrected chi connectivity index (χ1v) is 7.14. The van der Waals surface area contributed by atoms with Gasteiger partial charge in [0.2, 0.25) is 0 Å². The molecular formula is C16H16F3N3O5. The van der Waals surface area contributed by atoms with Crippen molar-refractivity contribution >= 4 is 28.9 Å². The van der Waals surface area contributed by atoms with Crippen LogP contribution in [0.2, 0.25) is 0 Å². The fraction of sp³-hybridized carbons (Fsp3) is 0.188. The summed E-state index contributed by atoms with van der Waals surface area (Å²) in [5, 5.41) is 12.3. The highest BCUT2D eigenvalue weighted by atomic mass is 19.4. The zero-order chi connectivity index (χ0) is 20.6. The Hall–Kier alpha value is -3.50. The molecule has 2 rings (SSSR count). The maximum Gasteiger partial charge on any atom is 0.490 e. The first-order valence-electron chi connectivity index (χ1n) is 7.14. The molecular weight excluding hydrogens is 371 g/mol. The molecule has 0 aliphatic rings. The van der Waals surface area contributed by atoms with Crippen molar-refractivity contribution in [3.63, 3.8) is 0 Å². The van der Waals surface area contributed by atoms with Crippen molar-refractivity contribution in [2.75, 3.05) is 13.7 Å². The SMILES string of the molecule is COc1cc(OCC(N)=O)c2cc(C=NN)ccc2c1.O=C(O)C(F)(F)F. The van der Waals surface area contributed by atoms with E-state index in [9.17, 15) is 18.0 Å². The fourth-order valence-electron chi connectivity index (χ4n) is 1.87. The van der Waals surface area contributed by atoms with E-state index < -0.39 is 18.1 Å². The molecule has 0 fully saturated rings. The van der Waals surface area contributed by atoms with Crippen LogP contribution in [0, 0.1) is 0 Å². The number of alkyl halides is 3. The second kappa shape index (κ2) is 9.27. The monoisotopic (exact) mass is 387 g/mol. The van der Waals surface area contributed by atoms with Crippen LogP contribution in [-0.2, 0) is 9.59 Å². The first kappa shape index (κ1) is 21.5. The van der Waals surface area contributed by atoms with E-state index in [2.05, 4.69) is 5.10 Å². The van der Waals surface area contributed by atoms with Gasteiger partial charge in [-0.05, 0) is 23.1 Å². The largest absolute Gasteiger partial charge is 0.497 e. The Morgan fingerprint density at radius 1 is 1.26 bits per heavy atom. The molecule has 0 atom stereocenters. The molecule has 0 radical (unpaired) electrons. The minimum Gasteiger partial charge on any atom is -0.497 e. The average Bonchev–Trinajstić information content (AvgIpc) is 2.59. The lowest BCUT2D eigenvalue weighted by Crippen LogP contribution is -2.21. The van der Waals surface area contributed by atoms with Crippen molar-refractivity contribution in [1.82, 2.24) is 0 Å². The summed E-state index contributed by atoms with van der Waals surface area (Å²) in [5.74, 6) is 3.00. The number of hydrogen-bond donors (Lipinski definition) is 3. The molecule has 11 heteroatoms. The number of carboxylic acid groups (broad SMARTS) is 1. The number of hydrazone groups is 1. The van der Waals surface area contributed by atoms with E-state index in [1.807, 2.05) is 24.3 Å². The van der Waals surface area contributed by atoms with Crippen molar-refractivity contribution in [3.8, 4) is 11.5 Å². The number of benzene rings is 2. The molecule has 0 aliphatic carbocycles. The van der Waals surface area contributed by atoms with Gasteiger partial charge in [-0.25, -0.2) is 4.79 Å². The molecule has 2 aromatic carbocycles. The summed E-state index contributed by atoms with van der Waals surface area (Å²) in [4.78, 5) is 19.8. The van der Waals surface area contributed by atoms with Crippen LogP contribution in [0.1, 0.15) is 5.56 Å². The zero-order valence-corrected chi connectivity index (χ0v) is 14.0. The number of hydrogen-bond acceptors (Lipinski definition) is 6. The summed E-state index contributed by atoms with van der Waals surface area (Å²) in [6.07, 6.45) is -3.55. The van der Waals surface area contributed by atoms with Gasteiger partial charge in [-0.3, -0.25) is 4.79 Å². The smallest absolute Gasteiger partial charge is 0.490 e. The number of amides is 1. The van der Waals surface area contributed by atoms with Crippen molar-refractivity contribution in [1.29, 1.82) is 0 Å². The second-order valence-electron chi connectivity index (χ2n) is 4.94. The summed E-state index contributed by atoms with van der Waals surface area (Å²) < 4.78 is 42.4. The minimum atomic E-state index is -5.08. The summed E-state index contributed by atoms with van der Waals surface area (Å²) in [7, 11) is 1.56. The number of nitrogens with zero attached hydrogens (tertiary/aromatic N) is 1. The Balaban J connectivity index is 0.000000445. The van der Waals surface area contributed by atoms with Gasteiger partial charge < -0.3 is 26.2 Å². The standard InChI is InChI=1S/C14H15N3O3.C2HF3O2/c1-19-11-5-10-3-2-9(7-17-16)4-12(10)13(6-11)20-8-14(15)18;3-2(4,5)1(6)7/h2-7H,8,16H2,1H3,(H2,15,18);(H,6,7). The maximum atomic E-state index is 10.9. The Kier molecular flexibility index (Phi) is 7.39. The van der Waals surface area contributed by atoms with E-state index in [-0.39, 0.29) is 6.61 Å². The van der Waals surface area contributed by atoms with Crippen molar-refractivity contribution in [2.24, 2.45) is 16.7 Å². The summed E-state index contributed by atoms with van der Waals surface area (Å²) in [6.45, 7) is -0.197. The third-order valence-electron chi connectivity index (χ3n) is 2.99. The lowest BCUT2D eigenvalue weighted by atomic mass is 10.1. The lowest BCUT2D eigenvalue weighted by Gasteiger charge is -2.11. The van der Waals surface area contributed by atoms with Gasteiger partial charge in [-0.15, -0.1) is 0 Å². The van der Waals surface area contributed by atoms with Crippen LogP contribution in [0.25, 0.3) is 10.8 Å². The third kappa shape index (κ3) is 6.72. The van der Waals surface area contributed by atoms with Gasteiger partial charge in [-0.1, -0.05) is 12.1 Å². The molecule has 0 bridgehead atoms. The topological polar surface area (TPSA) is 137 Å². The number of halogens is 3. The van der Waals surface area contributed by atoms with E-state index in [1.54, 1.807) is 13.2 Å². The van der Waals surface area contributed by atoms with E-state index in [4.69, 9.17) is 31.0 Å². The van der Waals surface area contributed by atoms with Gasteiger partial charge >= 0.3 is 12.1 Å². The van der Waals surface area contributed by atoms with Crippen LogP contribution in [0.3, 0.4) is 0 Å². The molecule has 0 saturated carbocycles. The number of primary amides is 1. The number of nitrogens with two attached hydrogens (primary N) is 2. The normalized spacial score (nSPS) is 11.0. The van der Waals surface area contributed by atoms with Gasteiger partial charge in [0, 0.05) is 11.5 Å². The van der Waals surface area contributed by atoms with Gasteiger partial charge in [0.1, 0.15) is 11.5 Å². The highest BCUT2D eigenvalue weighted by Crippen LogP contribution is 2.31. The van der Waals surface area contributed by atoms with Crippen LogP contribution < -0.4 is 21.1 Å². The number of carboxylic acids is 1. The van der Waals surface area contributed by atoms with Crippen molar-refractivity contribution in [3.05, 3.63) is 35.9 Å². The summed E-state index contributed by atoms with van der Waals surface area (Å²) >= 11 is 0. The molecule has 146 valence electrons. The number of carbonyl (C=O) groups excluding carboxylic acids is 1. The highest BCUT2D eigenvalue weighted by molar-refractivity contribution is 5.95. The van der Waals surface area contributed by atoms with Gasteiger partial charge in [0.15, 0.2) is 6.61 Å². The Morgan fingerprint density at radius 2 is 1.89 bits per heavy atom. The van der Waals surface area contributed by atoms with Gasteiger partial charge in [0.05, 0.1) is 13.3 Å². The number of ether oxygens (including phenoxy) is 2. The highest BCUT2D eigenvalue weighted by Gasteiger charge is 2.38. The molecule has 0 spiro atoms. The quantitative estimate of drug-likeness (QED) is 0.405. The number of fused-ring (bicyclic) bond motifs is 1. The number of rotatable bonds is 5. The van der Waals surface area contributed by atoms with Crippen LogP contribution >= 0.6 is 0 Å². The molecule has 1 amide bonds. The Morgan fingerprint density at radius 3 is 2.37 bits per heavy atom. The second-order valence-corrected chi connectivity index (χ2v) is 4.94. The average molecular weight is 387 g/mol. The molecule has 27 heavy (non-hydrogen) atoms. The molecule has 8 nitrogen and oxygen atoms in total. The molecule has 0 unspecified atom stereocenters. The van der Waals surface area contributed by atoms with Crippen LogP contribution in [0.5, 0.6) is 11.5 Å². The predicted octanol–water partition coefficient (Wildman–Crippen LogP) is 1.64. The first-order chi connectivity index (χ1) is 12.6.